The first kappa shape index (κ1) is 16.8. The number of carbonyl (C=O) groups is 1. The smallest absolute Gasteiger partial charge is 0.316 e. The molecule has 122 valence electrons. The second kappa shape index (κ2) is 7.23. The average Bonchev–Trinajstić information content (AvgIpc) is 2.99. The fourth-order valence-corrected chi connectivity index (χ4v) is 3.25. The number of thioether (sulfide) groups is 1. The molecule has 1 unspecified atom stereocenters. The third-order valence-corrected chi connectivity index (χ3v) is 4.79. The SMILES string of the molecule is CC(Sc1nc(-c2ccccc2)c(-c2cccc(Br)c2)o1)C(=O)O. The van der Waals surface area contributed by atoms with Crippen LogP contribution in [0.15, 0.2) is 68.7 Å². The van der Waals surface area contributed by atoms with Crippen LogP contribution < -0.4 is 0 Å². The lowest BCUT2D eigenvalue weighted by atomic mass is 10.1. The minimum atomic E-state index is -0.900. The van der Waals surface area contributed by atoms with Crippen molar-refractivity contribution in [2.24, 2.45) is 0 Å². The third-order valence-electron chi connectivity index (χ3n) is 3.37. The number of aromatic nitrogens is 1. The van der Waals surface area contributed by atoms with E-state index in [1.807, 2.05) is 54.6 Å². The zero-order valence-electron chi connectivity index (χ0n) is 12.8. The van der Waals surface area contributed by atoms with Gasteiger partial charge in [0.1, 0.15) is 10.9 Å². The number of halogens is 1. The van der Waals surface area contributed by atoms with E-state index in [2.05, 4.69) is 20.9 Å². The van der Waals surface area contributed by atoms with Crippen LogP contribution in [0.25, 0.3) is 22.6 Å². The number of oxazole rings is 1. The maximum atomic E-state index is 11.1. The van der Waals surface area contributed by atoms with Gasteiger partial charge >= 0.3 is 5.97 Å². The highest BCUT2D eigenvalue weighted by Crippen LogP contribution is 2.37. The molecule has 1 N–H and O–H groups in total. The van der Waals surface area contributed by atoms with E-state index in [-0.39, 0.29) is 0 Å². The number of aliphatic carboxylic acids is 1. The minimum absolute atomic E-state index is 0.346. The van der Waals surface area contributed by atoms with E-state index >= 15 is 0 Å². The molecule has 3 rings (SSSR count). The quantitative estimate of drug-likeness (QED) is 0.582. The molecule has 0 amide bonds. The van der Waals surface area contributed by atoms with E-state index < -0.39 is 11.2 Å². The summed E-state index contributed by atoms with van der Waals surface area (Å²) in [7, 11) is 0. The van der Waals surface area contributed by atoms with Gasteiger partial charge < -0.3 is 9.52 Å². The van der Waals surface area contributed by atoms with Crippen molar-refractivity contribution in [3.63, 3.8) is 0 Å². The van der Waals surface area contributed by atoms with E-state index in [0.717, 1.165) is 27.4 Å². The fourth-order valence-electron chi connectivity index (χ4n) is 2.17. The molecule has 24 heavy (non-hydrogen) atoms. The summed E-state index contributed by atoms with van der Waals surface area (Å²) in [6.45, 7) is 1.61. The van der Waals surface area contributed by atoms with Crippen LogP contribution in [0.2, 0.25) is 0 Å². The summed E-state index contributed by atoms with van der Waals surface area (Å²) in [5.41, 5.74) is 2.50. The molecule has 0 bridgehead atoms. The van der Waals surface area contributed by atoms with Crippen molar-refractivity contribution in [2.75, 3.05) is 0 Å². The zero-order valence-corrected chi connectivity index (χ0v) is 15.2. The molecular formula is C18H14BrNO3S. The Morgan fingerprint density at radius 3 is 2.54 bits per heavy atom. The lowest BCUT2D eigenvalue weighted by Gasteiger charge is -2.02. The van der Waals surface area contributed by atoms with Crippen LogP contribution in [0.3, 0.4) is 0 Å². The molecule has 0 spiro atoms. The number of carboxylic acid groups (broad SMARTS) is 1. The third kappa shape index (κ3) is 3.71. The van der Waals surface area contributed by atoms with Crippen LogP contribution in [-0.2, 0) is 4.79 Å². The Bertz CT molecular complexity index is 864. The number of nitrogens with zero attached hydrogens (tertiary/aromatic N) is 1. The predicted molar refractivity (Wildman–Crippen MR) is 98.0 cm³/mol. The minimum Gasteiger partial charge on any atom is -0.480 e. The van der Waals surface area contributed by atoms with Gasteiger partial charge in [-0.25, -0.2) is 4.98 Å². The number of benzene rings is 2. The van der Waals surface area contributed by atoms with Gasteiger partial charge in [0.05, 0.1) is 0 Å². The van der Waals surface area contributed by atoms with Crippen LogP contribution >= 0.6 is 27.7 Å². The van der Waals surface area contributed by atoms with Crippen molar-refractivity contribution >= 4 is 33.7 Å². The van der Waals surface area contributed by atoms with Gasteiger partial charge in [-0.05, 0) is 19.1 Å². The summed E-state index contributed by atoms with van der Waals surface area (Å²) in [6.07, 6.45) is 0. The highest BCUT2D eigenvalue weighted by atomic mass is 79.9. The molecule has 6 heteroatoms. The van der Waals surface area contributed by atoms with Crippen molar-refractivity contribution in [3.05, 3.63) is 59.1 Å². The van der Waals surface area contributed by atoms with E-state index in [9.17, 15) is 4.79 Å². The zero-order chi connectivity index (χ0) is 17.1. The van der Waals surface area contributed by atoms with Crippen molar-refractivity contribution in [1.29, 1.82) is 0 Å². The number of hydrogen-bond donors (Lipinski definition) is 1. The molecule has 1 aromatic heterocycles. The Hall–Kier alpha value is -2.05. The molecule has 1 heterocycles. The van der Waals surface area contributed by atoms with Gasteiger partial charge in [-0.1, -0.05) is 70.2 Å². The standard InChI is InChI=1S/C18H14BrNO3S/c1-11(17(21)22)24-18-20-15(12-6-3-2-4-7-12)16(23-18)13-8-5-9-14(19)10-13/h2-11H,1H3,(H,21,22). The molecule has 0 fully saturated rings. The second-order valence-corrected chi connectivity index (χ2v) is 7.34. The van der Waals surface area contributed by atoms with Gasteiger partial charge in [0.25, 0.3) is 5.22 Å². The van der Waals surface area contributed by atoms with Crippen molar-refractivity contribution in [2.45, 2.75) is 17.4 Å². The molecule has 2 aromatic carbocycles. The van der Waals surface area contributed by atoms with E-state index in [4.69, 9.17) is 9.52 Å². The van der Waals surface area contributed by atoms with Crippen molar-refractivity contribution < 1.29 is 14.3 Å². The second-order valence-electron chi connectivity index (χ2n) is 5.13. The predicted octanol–water partition coefficient (Wildman–Crippen LogP) is 5.34. The van der Waals surface area contributed by atoms with Gasteiger partial charge in [-0.15, -0.1) is 0 Å². The van der Waals surface area contributed by atoms with E-state index in [0.29, 0.717) is 16.7 Å². The Labute approximate surface area is 152 Å². The highest BCUT2D eigenvalue weighted by molar-refractivity contribution is 9.10. The topological polar surface area (TPSA) is 63.3 Å². The summed E-state index contributed by atoms with van der Waals surface area (Å²) >= 11 is 4.55. The molecule has 0 aliphatic heterocycles. The van der Waals surface area contributed by atoms with E-state index in [1.165, 1.54) is 0 Å². The first-order valence-electron chi connectivity index (χ1n) is 7.26. The lowest BCUT2D eigenvalue weighted by Crippen LogP contribution is -2.10. The number of rotatable bonds is 5. The molecule has 1 atom stereocenters. The Morgan fingerprint density at radius 2 is 1.88 bits per heavy atom. The number of hydrogen-bond acceptors (Lipinski definition) is 4. The Morgan fingerprint density at radius 1 is 1.17 bits per heavy atom. The lowest BCUT2D eigenvalue weighted by molar-refractivity contribution is -0.136. The summed E-state index contributed by atoms with van der Waals surface area (Å²) in [5.74, 6) is -0.272. The van der Waals surface area contributed by atoms with Gasteiger partial charge in [-0.3, -0.25) is 4.79 Å². The van der Waals surface area contributed by atoms with Gasteiger partial charge in [-0.2, -0.15) is 0 Å². The molecule has 0 saturated heterocycles. The summed E-state index contributed by atoms with van der Waals surface area (Å²) in [5, 5.41) is 8.80. The van der Waals surface area contributed by atoms with Gasteiger partial charge in [0.2, 0.25) is 0 Å². The molecule has 0 aliphatic carbocycles. The summed E-state index contributed by atoms with van der Waals surface area (Å²) in [4.78, 5) is 15.6. The first-order chi connectivity index (χ1) is 11.5. The van der Waals surface area contributed by atoms with Crippen LogP contribution in [0.4, 0.5) is 0 Å². The van der Waals surface area contributed by atoms with Crippen LogP contribution in [0, 0.1) is 0 Å². The molecule has 0 saturated carbocycles. The molecular weight excluding hydrogens is 390 g/mol. The monoisotopic (exact) mass is 403 g/mol. The summed E-state index contributed by atoms with van der Waals surface area (Å²) in [6, 6.07) is 17.4. The van der Waals surface area contributed by atoms with Crippen LogP contribution in [0.5, 0.6) is 0 Å². The van der Waals surface area contributed by atoms with Crippen LogP contribution in [-0.4, -0.2) is 21.3 Å². The molecule has 0 aliphatic rings. The normalized spacial score (nSPS) is 12.1. The Kier molecular flexibility index (Phi) is 5.06. The average molecular weight is 404 g/mol. The van der Waals surface area contributed by atoms with E-state index in [1.54, 1.807) is 6.92 Å². The van der Waals surface area contributed by atoms with Gasteiger partial charge in [0.15, 0.2) is 5.76 Å². The van der Waals surface area contributed by atoms with Gasteiger partial charge in [0, 0.05) is 15.6 Å². The number of carboxylic acids is 1. The molecule has 4 nitrogen and oxygen atoms in total. The van der Waals surface area contributed by atoms with Crippen LogP contribution in [0.1, 0.15) is 6.92 Å². The fraction of sp³-hybridized carbons (Fsp3) is 0.111. The molecule has 3 aromatic rings. The maximum Gasteiger partial charge on any atom is 0.316 e. The van der Waals surface area contributed by atoms with Crippen molar-refractivity contribution in [3.8, 4) is 22.6 Å². The first-order valence-corrected chi connectivity index (χ1v) is 8.93. The largest absolute Gasteiger partial charge is 0.480 e. The van der Waals surface area contributed by atoms with Crippen molar-refractivity contribution in [1.82, 2.24) is 4.98 Å². The highest BCUT2D eigenvalue weighted by Gasteiger charge is 2.21. The maximum absolute atomic E-state index is 11.1. The Balaban J connectivity index is 2.08. The molecule has 0 radical (unpaired) electrons. The summed E-state index contributed by atoms with van der Waals surface area (Å²) < 4.78 is 6.83.